The Morgan fingerprint density at radius 1 is 0.946 bits per heavy atom. The van der Waals surface area contributed by atoms with Crippen LogP contribution in [0.15, 0.2) is 36.4 Å². The molecule has 6 rings (SSSR count). The number of carboxylic acids is 1. The molecule has 1 amide bonds. The summed E-state index contributed by atoms with van der Waals surface area (Å²) in [6.07, 6.45) is 4.89. The molecular weight excluding hydrogens is 468 g/mol. The number of likely N-dealkylation sites (N-methyl/N-ethyl adjacent to an activating group) is 1. The first-order valence-corrected chi connectivity index (χ1v) is 13.4. The minimum Gasteiger partial charge on any atom is -0.477 e. The third kappa shape index (κ3) is 4.45. The van der Waals surface area contributed by atoms with Gasteiger partial charge in [-0.25, -0.2) is 14.5 Å². The fraction of sp³-hybridized carbons (Fsp3) is 0.500. The molecule has 0 bridgehead atoms. The molecule has 3 aliphatic rings. The summed E-state index contributed by atoms with van der Waals surface area (Å²) < 4.78 is 1.81. The number of aromatic carboxylic acids is 1. The Labute approximate surface area is 216 Å². The number of piperidine rings is 1. The van der Waals surface area contributed by atoms with E-state index in [0.29, 0.717) is 24.7 Å². The van der Waals surface area contributed by atoms with E-state index >= 15 is 0 Å². The van der Waals surface area contributed by atoms with Gasteiger partial charge >= 0.3 is 5.97 Å². The lowest BCUT2D eigenvalue weighted by Crippen LogP contribution is -2.50. The van der Waals surface area contributed by atoms with Crippen LogP contribution in [0.1, 0.15) is 54.2 Å². The van der Waals surface area contributed by atoms with E-state index in [-0.39, 0.29) is 17.5 Å². The number of nitrogens with zero attached hydrogens (tertiary/aromatic N) is 6. The molecule has 0 unspecified atom stereocenters. The zero-order chi connectivity index (χ0) is 25.5. The van der Waals surface area contributed by atoms with E-state index in [1.54, 1.807) is 6.07 Å². The Bertz CT molecular complexity index is 1300. The third-order valence-electron chi connectivity index (χ3n) is 8.36. The molecule has 0 spiro atoms. The quantitative estimate of drug-likeness (QED) is 0.572. The maximum Gasteiger partial charge on any atom is 0.354 e. The van der Waals surface area contributed by atoms with Crippen LogP contribution in [0.2, 0.25) is 0 Å². The summed E-state index contributed by atoms with van der Waals surface area (Å²) in [5.41, 5.74) is 3.39. The van der Waals surface area contributed by atoms with Gasteiger partial charge in [0.2, 0.25) is 5.91 Å². The number of hydrogen-bond donors (Lipinski definition) is 1. The van der Waals surface area contributed by atoms with Crippen LogP contribution in [0.3, 0.4) is 0 Å². The van der Waals surface area contributed by atoms with E-state index < -0.39 is 5.97 Å². The van der Waals surface area contributed by atoms with Gasteiger partial charge in [0.05, 0.1) is 22.5 Å². The first-order valence-electron chi connectivity index (χ1n) is 13.4. The molecule has 2 aliphatic heterocycles. The molecule has 1 aliphatic carbocycles. The number of aromatic nitrogens is 3. The van der Waals surface area contributed by atoms with Crippen molar-refractivity contribution in [2.24, 2.45) is 5.92 Å². The Kier molecular flexibility index (Phi) is 6.32. The molecule has 1 saturated carbocycles. The maximum atomic E-state index is 13.2. The van der Waals surface area contributed by atoms with Crippen molar-refractivity contribution in [1.29, 1.82) is 0 Å². The number of rotatable bonds is 5. The van der Waals surface area contributed by atoms with Crippen molar-refractivity contribution < 1.29 is 14.7 Å². The SMILES string of the molecule is CN1CCN(C(=O)C2CCN(c3cc(C(=O)O)nc4c3c(C3CCC3)nn4-c3ccccc3)CC2)CC1. The predicted molar refractivity (Wildman–Crippen MR) is 141 cm³/mol. The standard InChI is InChI=1S/C28H34N6O3/c1-31-14-16-33(17-15-31)27(35)20-10-12-32(13-11-20)23-18-22(28(36)37)29-26-24(23)25(19-6-5-7-19)30-34(26)21-8-3-2-4-9-21/h2-4,8-9,18-20H,5-7,10-17H2,1H3,(H,36,37). The fourth-order valence-electron chi connectivity index (χ4n) is 5.85. The summed E-state index contributed by atoms with van der Waals surface area (Å²) >= 11 is 0. The van der Waals surface area contributed by atoms with Crippen LogP contribution in [-0.4, -0.2) is 87.9 Å². The molecule has 0 atom stereocenters. The van der Waals surface area contributed by atoms with Crippen LogP contribution >= 0.6 is 0 Å². The number of fused-ring (bicyclic) bond motifs is 1. The lowest BCUT2D eigenvalue weighted by molar-refractivity contribution is -0.137. The predicted octanol–water partition coefficient (Wildman–Crippen LogP) is 3.38. The summed E-state index contributed by atoms with van der Waals surface area (Å²) in [6.45, 7) is 4.86. The van der Waals surface area contributed by atoms with Gasteiger partial charge in [0.1, 0.15) is 0 Å². The van der Waals surface area contributed by atoms with Gasteiger partial charge in [-0.3, -0.25) is 4.79 Å². The highest BCUT2D eigenvalue weighted by Crippen LogP contribution is 2.43. The van der Waals surface area contributed by atoms with Crippen molar-refractivity contribution >= 4 is 28.6 Å². The number of pyridine rings is 1. The smallest absolute Gasteiger partial charge is 0.354 e. The second-order valence-corrected chi connectivity index (χ2v) is 10.7. The molecule has 1 aromatic carbocycles. The van der Waals surface area contributed by atoms with Crippen LogP contribution in [-0.2, 0) is 4.79 Å². The fourth-order valence-corrected chi connectivity index (χ4v) is 5.85. The zero-order valence-electron chi connectivity index (χ0n) is 21.3. The largest absolute Gasteiger partial charge is 0.477 e. The monoisotopic (exact) mass is 502 g/mol. The van der Waals surface area contributed by atoms with Crippen LogP contribution in [0.5, 0.6) is 0 Å². The highest BCUT2D eigenvalue weighted by atomic mass is 16.4. The first kappa shape index (κ1) is 23.9. The van der Waals surface area contributed by atoms with Gasteiger partial charge in [-0.2, -0.15) is 5.10 Å². The number of carbonyl (C=O) groups is 2. The van der Waals surface area contributed by atoms with Gasteiger partial charge < -0.3 is 19.8 Å². The number of benzene rings is 1. The van der Waals surface area contributed by atoms with Crippen LogP contribution in [0, 0.1) is 5.92 Å². The third-order valence-corrected chi connectivity index (χ3v) is 8.36. The highest BCUT2D eigenvalue weighted by Gasteiger charge is 2.34. The number of amides is 1. The number of para-hydroxylation sites is 1. The van der Waals surface area contributed by atoms with E-state index in [0.717, 1.165) is 74.3 Å². The summed E-state index contributed by atoms with van der Waals surface area (Å²) in [5.74, 6) is -0.394. The summed E-state index contributed by atoms with van der Waals surface area (Å²) in [4.78, 5) is 36.4. The van der Waals surface area contributed by atoms with E-state index in [9.17, 15) is 14.7 Å². The van der Waals surface area contributed by atoms with Crippen molar-refractivity contribution in [3.8, 4) is 5.69 Å². The van der Waals surface area contributed by atoms with Gasteiger partial charge in [-0.05, 0) is 50.9 Å². The molecule has 0 radical (unpaired) electrons. The Balaban J connectivity index is 1.34. The van der Waals surface area contributed by atoms with Gasteiger partial charge in [-0.15, -0.1) is 0 Å². The summed E-state index contributed by atoms with van der Waals surface area (Å²) in [7, 11) is 2.10. The molecule has 3 fully saturated rings. The van der Waals surface area contributed by atoms with Crippen LogP contribution < -0.4 is 4.90 Å². The molecule has 9 nitrogen and oxygen atoms in total. The van der Waals surface area contributed by atoms with Gasteiger partial charge in [0.25, 0.3) is 0 Å². The normalized spacial score (nSPS) is 19.8. The Hall–Kier alpha value is -3.46. The van der Waals surface area contributed by atoms with Crippen molar-refractivity contribution in [3.05, 3.63) is 47.8 Å². The highest BCUT2D eigenvalue weighted by molar-refractivity contribution is 5.98. The zero-order valence-corrected chi connectivity index (χ0v) is 21.3. The van der Waals surface area contributed by atoms with Crippen molar-refractivity contribution in [3.63, 3.8) is 0 Å². The van der Waals surface area contributed by atoms with Gasteiger partial charge in [0.15, 0.2) is 11.3 Å². The minimum atomic E-state index is -1.05. The number of carbonyl (C=O) groups excluding carboxylic acids is 1. The summed E-state index contributed by atoms with van der Waals surface area (Å²) in [5, 5.41) is 15.9. The summed E-state index contributed by atoms with van der Waals surface area (Å²) in [6, 6.07) is 11.5. The number of carboxylic acid groups (broad SMARTS) is 1. The lowest BCUT2D eigenvalue weighted by atomic mass is 9.81. The Morgan fingerprint density at radius 3 is 2.27 bits per heavy atom. The van der Waals surface area contributed by atoms with Gasteiger partial charge in [-0.1, -0.05) is 24.6 Å². The second-order valence-electron chi connectivity index (χ2n) is 10.7. The molecule has 1 N–H and O–H groups in total. The van der Waals surface area contributed by atoms with E-state index in [2.05, 4.69) is 21.8 Å². The first-order chi connectivity index (χ1) is 18.0. The minimum absolute atomic E-state index is 0.0223. The average molecular weight is 503 g/mol. The van der Waals surface area contributed by atoms with Gasteiger partial charge in [0, 0.05) is 51.1 Å². The van der Waals surface area contributed by atoms with Crippen molar-refractivity contribution in [1.82, 2.24) is 24.6 Å². The topological polar surface area (TPSA) is 94.8 Å². The molecule has 37 heavy (non-hydrogen) atoms. The number of hydrogen-bond acceptors (Lipinski definition) is 6. The van der Waals surface area contributed by atoms with E-state index in [1.165, 1.54) is 6.42 Å². The molecule has 4 heterocycles. The molecule has 194 valence electrons. The molecule has 2 aromatic heterocycles. The van der Waals surface area contributed by atoms with Crippen LogP contribution in [0.25, 0.3) is 16.7 Å². The van der Waals surface area contributed by atoms with Crippen molar-refractivity contribution in [2.75, 3.05) is 51.2 Å². The second kappa shape index (κ2) is 9.78. The lowest BCUT2D eigenvalue weighted by Gasteiger charge is -2.38. The van der Waals surface area contributed by atoms with E-state index in [4.69, 9.17) is 5.10 Å². The average Bonchev–Trinajstić information content (AvgIpc) is 3.27. The number of piperazine rings is 1. The molecular formula is C28H34N6O3. The number of anilines is 1. The van der Waals surface area contributed by atoms with E-state index in [1.807, 2.05) is 39.9 Å². The molecule has 3 aromatic rings. The molecule has 9 heteroatoms. The maximum absolute atomic E-state index is 13.2. The Morgan fingerprint density at radius 2 is 1.65 bits per heavy atom. The van der Waals surface area contributed by atoms with Crippen LogP contribution in [0.4, 0.5) is 5.69 Å². The molecule has 2 saturated heterocycles. The van der Waals surface area contributed by atoms with Crippen molar-refractivity contribution in [2.45, 2.75) is 38.0 Å².